The van der Waals surface area contributed by atoms with Crippen molar-refractivity contribution >= 4 is 49.2 Å². The third kappa shape index (κ3) is 8.47. The molecule has 263 valence electrons. The van der Waals surface area contributed by atoms with Crippen LogP contribution in [0.25, 0.3) is 53.8 Å². The summed E-state index contributed by atoms with van der Waals surface area (Å²) in [4.78, 5) is 9.20. The maximum atomic E-state index is 8.48. The van der Waals surface area contributed by atoms with Crippen LogP contribution in [0.4, 0.5) is 0 Å². The second-order valence-electron chi connectivity index (χ2n) is 14.5. The van der Waals surface area contributed by atoms with Crippen molar-refractivity contribution < 1.29 is 27.0 Å². The number of aromatic nitrogens is 2. The molecule has 0 atom stereocenters. The number of thiophene rings is 1. The zero-order chi connectivity index (χ0) is 40.1. The van der Waals surface area contributed by atoms with Crippen LogP contribution in [0.3, 0.4) is 0 Å². The summed E-state index contributed by atoms with van der Waals surface area (Å²) < 4.78 is 43.0. The maximum Gasteiger partial charge on any atom is 0 e. The van der Waals surface area contributed by atoms with Gasteiger partial charge in [-0.15, -0.1) is 23.8 Å². The molecule has 0 aliphatic carbocycles. The monoisotopic (exact) mass is 932 g/mol. The van der Waals surface area contributed by atoms with Gasteiger partial charge in [-0.1, -0.05) is 67.3 Å². The van der Waals surface area contributed by atoms with Crippen LogP contribution in [0.5, 0.6) is 0 Å². The fourth-order valence-corrected chi connectivity index (χ4v) is 9.60. The first kappa shape index (κ1) is 32.3. The molecule has 0 unspecified atom stereocenters. The van der Waals surface area contributed by atoms with Crippen molar-refractivity contribution in [1.82, 2.24) is 9.97 Å². The molecule has 0 saturated carbocycles. The minimum atomic E-state index is -2.14. The summed E-state index contributed by atoms with van der Waals surface area (Å²) in [6.07, 6.45) is 3.71. The van der Waals surface area contributed by atoms with Crippen LogP contribution in [0.2, 0.25) is 17.3 Å². The van der Waals surface area contributed by atoms with Gasteiger partial charge in [0.25, 0.3) is 0 Å². The number of hydrogen-bond donors (Lipinski definition) is 0. The Morgan fingerprint density at radius 2 is 1.51 bits per heavy atom. The van der Waals surface area contributed by atoms with Gasteiger partial charge in [0.2, 0.25) is 0 Å². The summed E-state index contributed by atoms with van der Waals surface area (Å²) >= 11 is -0.218. The molecule has 0 spiro atoms. The second kappa shape index (κ2) is 16.1. The number of benzene rings is 4. The Bertz CT molecular complexity index is 2490. The molecule has 51 heavy (non-hydrogen) atoms. The third-order valence-corrected chi connectivity index (χ3v) is 14.6. The van der Waals surface area contributed by atoms with Crippen LogP contribution in [-0.2, 0) is 20.1 Å². The van der Waals surface area contributed by atoms with Crippen LogP contribution in [0.15, 0.2) is 97.3 Å². The van der Waals surface area contributed by atoms with E-state index in [9.17, 15) is 0 Å². The zero-order valence-corrected chi connectivity index (χ0v) is 36.2. The van der Waals surface area contributed by atoms with E-state index in [2.05, 4.69) is 108 Å². The molecule has 0 N–H and O–H groups in total. The van der Waals surface area contributed by atoms with Gasteiger partial charge >= 0.3 is 131 Å². The van der Waals surface area contributed by atoms with E-state index >= 15 is 0 Å². The maximum absolute atomic E-state index is 8.48. The van der Waals surface area contributed by atoms with Crippen molar-refractivity contribution in [2.45, 2.75) is 77.5 Å². The van der Waals surface area contributed by atoms with Crippen LogP contribution in [-0.4, -0.2) is 23.2 Å². The largest absolute Gasteiger partial charge is 0 e. The van der Waals surface area contributed by atoms with E-state index < -0.39 is 31.9 Å². The van der Waals surface area contributed by atoms with Crippen LogP contribution in [0, 0.1) is 32.8 Å². The van der Waals surface area contributed by atoms with E-state index in [-0.39, 0.29) is 25.7 Å². The average molecular weight is 931 g/mol. The molecule has 3 heterocycles. The normalized spacial score (nSPS) is 13.6. The summed E-state index contributed by atoms with van der Waals surface area (Å²) in [5.74, 6) is 5.46. The van der Waals surface area contributed by atoms with Gasteiger partial charge in [0.1, 0.15) is 0 Å². The molecule has 0 amide bonds. The number of fused-ring (bicyclic) bond motifs is 3. The van der Waals surface area contributed by atoms with Gasteiger partial charge < -0.3 is 4.98 Å². The molecule has 0 fully saturated rings. The molecule has 0 saturated heterocycles. The van der Waals surface area contributed by atoms with Gasteiger partial charge in [-0.25, -0.2) is 0 Å². The minimum absolute atomic E-state index is 0. The molecule has 0 bridgehead atoms. The van der Waals surface area contributed by atoms with E-state index in [1.165, 1.54) is 52.9 Å². The van der Waals surface area contributed by atoms with Crippen LogP contribution >= 0.6 is 11.3 Å². The topological polar surface area (TPSA) is 25.8 Å². The van der Waals surface area contributed by atoms with E-state index in [1.807, 2.05) is 57.4 Å². The van der Waals surface area contributed by atoms with Crippen molar-refractivity contribution in [3.63, 3.8) is 0 Å². The van der Waals surface area contributed by atoms with Crippen molar-refractivity contribution in [3.05, 3.63) is 137 Å². The van der Waals surface area contributed by atoms with Gasteiger partial charge in [0.15, 0.2) is 0 Å². The first-order chi connectivity index (χ1) is 25.6. The first-order valence-electron chi connectivity index (χ1n) is 19.6. The zero-order valence-electron chi connectivity index (χ0n) is 35.9. The predicted octanol–water partition coefficient (Wildman–Crippen LogP) is 12.8. The smallest absolute Gasteiger partial charge is 0 e. The number of hydrogen-bond acceptors (Lipinski definition) is 3. The third-order valence-electron chi connectivity index (χ3n) is 9.15. The molecule has 2 nitrogen and oxygen atoms in total. The molecule has 5 heteroatoms. The minimum Gasteiger partial charge on any atom is 0 e. The summed E-state index contributed by atoms with van der Waals surface area (Å²) in [5.41, 5.74) is 10.6. The van der Waals surface area contributed by atoms with Gasteiger partial charge in [0, 0.05) is 32.4 Å². The molecule has 0 aliphatic rings. The van der Waals surface area contributed by atoms with E-state index in [0.29, 0.717) is 5.69 Å². The molecular formula is C46H48GeIrN2S-2. The van der Waals surface area contributed by atoms with Crippen molar-refractivity contribution in [2.75, 3.05) is 0 Å². The molecule has 0 aliphatic heterocycles. The average Bonchev–Trinajstić information content (AvgIpc) is 3.49. The second-order valence-corrected chi connectivity index (χ2v) is 26.2. The SMILES string of the molecule is [2H]C(C)(C)c1ccnc(-c2[c-]cc3sc4c(-c5c(C)cccc5C)cccc4c3c2)c1.[2H]C([2H])([2H])c1c[c-]c(-c2nc[c]([Ge]([CH3])([CH3])[CH3])cc2C([2H])(C)C)cc1.[Ir]. The molecule has 7 rings (SSSR count). The van der Waals surface area contributed by atoms with Crippen molar-refractivity contribution in [3.8, 4) is 33.6 Å². The van der Waals surface area contributed by atoms with Gasteiger partial charge in [-0.05, 0) is 63.8 Å². The first-order valence-corrected chi connectivity index (χ1v) is 25.2. The number of aryl methyl sites for hydroxylation is 3. The Balaban J connectivity index is 0.000000218. The van der Waals surface area contributed by atoms with E-state index in [1.54, 1.807) is 18.3 Å². The fourth-order valence-electron chi connectivity index (χ4n) is 6.26. The Morgan fingerprint density at radius 1 is 0.784 bits per heavy atom. The predicted molar refractivity (Wildman–Crippen MR) is 221 cm³/mol. The van der Waals surface area contributed by atoms with Crippen LogP contribution in [0.1, 0.15) is 74.2 Å². The Morgan fingerprint density at radius 3 is 2.16 bits per heavy atom. The number of pyridine rings is 2. The Kier molecular flexibility index (Phi) is 10.2. The van der Waals surface area contributed by atoms with E-state index in [0.717, 1.165) is 27.9 Å². The standard InChI is InChI=1S/C28H24NS.C18H24GeN.Ir/c1-17(2)20-13-14-29-25(16-20)21-11-12-26-24(15-21)22-9-6-10-23(28(22)30-26)27-18(3)7-5-8-19(27)4;1-13(2)17-11-16(19(4,5)6)12-20-18(17)15-9-7-14(3)8-10-15;/h5-10,12-17H,1-4H3;7-9,11-13H,1-6H3;/q2*-1;/i17D;3D3,13D;. The molecular weight excluding hydrogens is 877 g/mol. The summed E-state index contributed by atoms with van der Waals surface area (Å²) in [6, 6.07) is 34.7. The number of rotatable bonds is 6. The van der Waals surface area contributed by atoms with Crippen LogP contribution < -0.4 is 4.40 Å². The summed E-state index contributed by atoms with van der Waals surface area (Å²) in [7, 11) is 0. The van der Waals surface area contributed by atoms with Crippen molar-refractivity contribution in [2.24, 2.45) is 0 Å². The number of nitrogens with zero attached hydrogens (tertiary/aromatic N) is 2. The van der Waals surface area contributed by atoms with E-state index in [4.69, 9.17) is 6.85 Å². The summed E-state index contributed by atoms with van der Waals surface area (Å²) in [5, 5.41) is 2.51. The Hall–Kier alpha value is -3.41. The summed E-state index contributed by atoms with van der Waals surface area (Å²) in [6.45, 7) is 9.75. The molecule has 1 radical (unpaired) electrons. The fraction of sp³-hybridized carbons (Fsp3) is 0.261. The molecule has 3 aromatic heterocycles. The van der Waals surface area contributed by atoms with Gasteiger partial charge in [0.05, 0.1) is 0 Å². The van der Waals surface area contributed by atoms with Gasteiger partial charge in [-0.3, -0.25) is 0 Å². The van der Waals surface area contributed by atoms with Gasteiger partial charge in [-0.2, -0.15) is 11.3 Å². The van der Waals surface area contributed by atoms with Crippen molar-refractivity contribution in [1.29, 1.82) is 0 Å². The molecule has 4 aromatic carbocycles. The molecule has 7 aromatic rings. The Labute approximate surface area is 332 Å². The quantitative estimate of drug-likeness (QED) is 0.123.